The van der Waals surface area contributed by atoms with Crippen molar-refractivity contribution in [3.63, 3.8) is 0 Å². The summed E-state index contributed by atoms with van der Waals surface area (Å²) in [6, 6.07) is 3.74. The topological polar surface area (TPSA) is 113 Å². The fraction of sp³-hybridized carbons (Fsp3) is 0.500. The number of anilines is 1. The van der Waals surface area contributed by atoms with Gasteiger partial charge in [0.1, 0.15) is 5.69 Å². The second-order valence-corrected chi connectivity index (χ2v) is 6.78. The SMILES string of the molecule is CNc1ccc(S(=O)(=O)N2CCCC(O)C2)cc1[N+](=O)[O-]. The number of aliphatic hydroxyl groups is 1. The quantitative estimate of drug-likeness (QED) is 0.627. The molecule has 1 atom stereocenters. The molecule has 1 fully saturated rings. The number of aliphatic hydroxyl groups excluding tert-OH is 1. The maximum Gasteiger partial charge on any atom is 0.293 e. The molecule has 1 saturated heterocycles. The summed E-state index contributed by atoms with van der Waals surface area (Å²) in [7, 11) is -2.31. The number of β-amino-alcohol motifs (C(OH)–C–C–N with tert-alkyl or cyclic N) is 1. The highest BCUT2D eigenvalue weighted by Crippen LogP contribution is 2.29. The van der Waals surface area contributed by atoms with Crippen molar-refractivity contribution in [1.29, 1.82) is 0 Å². The van der Waals surface area contributed by atoms with Gasteiger partial charge < -0.3 is 10.4 Å². The molecule has 2 rings (SSSR count). The average molecular weight is 315 g/mol. The van der Waals surface area contributed by atoms with Gasteiger partial charge in [0, 0.05) is 26.2 Å². The van der Waals surface area contributed by atoms with Gasteiger partial charge in [-0.2, -0.15) is 4.31 Å². The van der Waals surface area contributed by atoms with Crippen LogP contribution in [0.15, 0.2) is 23.1 Å². The monoisotopic (exact) mass is 315 g/mol. The van der Waals surface area contributed by atoms with Crippen molar-refractivity contribution >= 4 is 21.4 Å². The largest absolute Gasteiger partial charge is 0.392 e. The number of nitrogens with one attached hydrogen (secondary N) is 1. The highest BCUT2D eigenvalue weighted by molar-refractivity contribution is 7.89. The third-order valence-electron chi connectivity index (χ3n) is 3.43. The fourth-order valence-corrected chi connectivity index (χ4v) is 3.86. The third-order valence-corrected chi connectivity index (χ3v) is 5.29. The summed E-state index contributed by atoms with van der Waals surface area (Å²) < 4.78 is 26.1. The van der Waals surface area contributed by atoms with E-state index in [1.165, 1.54) is 23.5 Å². The van der Waals surface area contributed by atoms with E-state index in [9.17, 15) is 23.6 Å². The van der Waals surface area contributed by atoms with Crippen LogP contribution in [0, 0.1) is 10.1 Å². The maximum atomic E-state index is 12.5. The molecule has 0 spiro atoms. The number of nitro benzene ring substituents is 1. The predicted molar refractivity (Wildman–Crippen MR) is 76.6 cm³/mol. The number of rotatable bonds is 4. The van der Waals surface area contributed by atoms with Crippen LogP contribution in [0.3, 0.4) is 0 Å². The molecule has 116 valence electrons. The van der Waals surface area contributed by atoms with Gasteiger partial charge in [0.05, 0.1) is 15.9 Å². The van der Waals surface area contributed by atoms with Crippen LogP contribution in [-0.4, -0.2) is 49.0 Å². The number of sulfonamides is 1. The lowest BCUT2D eigenvalue weighted by atomic mass is 10.1. The molecule has 1 aliphatic heterocycles. The molecular weight excluding hydrogens is 298 g/mol. The summed E-state index contributed by atoms with van der Waals surface area (Å²) in [6.07, 6.45) is 0.433. The van der Waals surface area contributed by atoms with Crippen molar-refractivity contribution in [2.45, 2.75) is 23.8 Å². The summed E-state index contributed by atoms with van der Waals surface area (Å²) in [5.41, 5.74) is -0.0474. The first-order chi connectivity index (χ1) is 9.86. The van der Waals surface area contributed by atoms with E-state index < -0.39 is 21.1 Å². The van der Waals surface area contributed by atoms with Crippen LogP contribution in [0.25, 0.3) is 0 Å². The Morgan fingerprint density at radius 3 is 2.76 bits per heavy atom. The Labute approximate surface area is 122 Å². The minimum atomic E-state index is -3.83. The van der Waals surface area contributed by atoms with Crippen LogP contribution in [0.5, 0.6) is 0 Å². The molecule has 1 aliphatic rings. The van der Waals surface area contributed by atoms with Crippen LogP contribution >= 0.6 is 0 Å². The Bertz CT molecular complexity index is 646. The average Bonchev–Trinajstić information content (AvgIpc) is 2.46. The van der Waals surface area contributed by atoms with Gasteiger partial charge in [-0.1, -0.05) is 0 Å². The van der Waals surface area contributed by atoms with E-state index in [0.29, 0.717) is 19.4 Å². The Balaban J connectivity index is 2.40. The predicted octanol–water partition coefficient (Wildman–Crippen LogP) is 0.782. The lowest BCUT2D eigenvalue weighted by Crippen LogP contribution is -2.42. The van der Waals surface area contributed by atoms with E-state index in [-0.39, 0.29) is 22.8 Å². The zero-order valence-corrected chi connectivity index (χ0v) is 12.3. The molecule has 0 saturated carbocycles. The van der Waals surface area contributed by atoms with Gasteiger partial charge in [0.25, 0.3) is 5.69 Å². The van der Waals surface area contributed by atoms with E-state index in [1.54, 1.807) is 0 Å². The summed E-state index contributed by atoms with van der Waals surface area (Å²) in [5, 5.41) is 23.2. The minimum Gasteiger partial charge on any atom is -0.392 e. The fourth-order valence-electron chi connectivity index (χ4n) is 2.32. The zero-order chi connectivity index (χ0) is 15.6. The van der Waals surface area contributed by atoms with Crippen LogP contribution in [0.1, 0.15) is 12.8 Å². The van der Waals surface area contributed by atoms with Gasteiger partial charge in [-0.05, 0) is 25.0 Å². The first kappa shape index (κ1) is 15.7. The van der Waals surface area contributed by atoms with Crippen LogP contribution in [0.4, 0.5) is 11.4 Å². The number of hydrogen-bond acceptors (Lipinski definition) is 6. The molecule has 0 amide bonds. The first-order valence-electron chi connectivity index (χ1n) is 6.50. The van der Waals surface area contributed by atoms with Gasteiger partial charge in [-0.15, -0.1) is 0 Å². The van der Waals surface area contributed by atoms with E-state index >= 15 is 0 Å². The molecule has 1 heterocycles. The number of hydrogen-bond donors (Lipinski definition) is 2. The second kappa shape index (κ2) is 5.96. The summed E-state index contributed by atoms with van der Waals surface area (Å²) in [5.74, 6) is 0. The molecule has 0 aromatic heterocycles. The number of nitrogens with zero attached hydrogens (tertiary/aromatic N) is 2. The van der Waals surface area contributed by atoms with Crippen LogP contribution < -0.4 is 5.32 Å². The molecule has 1 aromatic carbocycles. The standard InChI is InChI=1S/C12H17N3O5S/c1-13-11-5-4-10(7-12(11)15(17)18)21(19,20)14-6-2-3-9(16)8-14/h4-5,7,9,13,16H,2-3,6,8H2,1H3. The van der Waals surface area contributed by atoms with Gasteiger partial charge in [0.2, 0.25) is 10.0 Å². The molecule has 2 N–H and O–H groups in total. The molecule has 0 bridgehead atoms. The Hall–Kier alpha value is -1.71. The molecule has 0 aliphatic carbocycles. The minimum absolute atomic E-state index is 0.0178. The number of benzene rings is 1. The lowest BCUT2D eigenvalue weighted by molar-refractivity contribution is -0.384. The van der Waals surface area contributed by atoms with E-state index in [1.807, 2.05) is 0 Å². The molecule has 1 aromatic rings. The smallest absolute Gasteiger partial charge is 0.293 e. The molecule has 1 unspecified atom stereocenters. The van der Waals surface area contributed by atoms with E-state index in [4.69, 9.17) is 0 Å². The van der Waals surface area contributed by atoms with Gasteiger partial charge >= 0.3 is 0 Å². The van der Waals surface area contributed by atoms with Crippen LogP contribution in [0.2, 0.25) is 0 Å². The summed E-state index contributed by atoms with van der Waals surface area (Å²) in [6.45, 7) is 0.324. The highest BCUT2D eigenvalue weighted by Gasteiger charge is 2.31. The van der Waals surface area contributed by atoms with Crippen molar-refractivity contribution in [2.75, 3.05) is 25.5 Å². The van der Waals surface area contributed by atoms with Gasteiger partial charge in [0.15, 0.2) is 0 Å². The van der Waals surface area contributed by atoms with Crippen molar-refractivity contribution in [3.05, 3.63) is 28.3 Å². The van der Waals surface area contributed by atoms with Crippen LogP contribution in [-0.2, 0) is 10.0 Å². The molecular formula is C12H17N3O5S. The number of nitro groups is 1. The molecule has 0 radical (unpaired) electrons. The number of piperidine rings is 1. The normalized spacial score (nSPS) is 20.2. The zero-order valence-electron chi connectivity index (χ0n) is 11.5. The van der Waals surface area contributed by atoms with Crippen molar-refractivity contribution in [2.24, 2.45) is 0 Å². The first-order valence-corrected chi connectivity index (χ1v) is 7.94. The Kier molecular flexibility index (Phi) is 4.45. The van der Waals surface area contributed by atoms with Crippen molar-refractivity contribution in [3.8, 4) is 0 Å². The molecule has 8 nitrogen and oxygen atoms in total. The highest BCUT2D eigenvalue weighted by atomic mass is 32.2. The van der Waals surface area contributed by atoms with E-state index in [2.05, 4.69) is 5.32 Å². The summed E-state index contributed by atoms with van der Waals surface area (Å²) >= 11 is 0. The van der Waals surface area contributed by atoms with Crippen molar-refractivity contribution < 1.29 is 18.4 Å². The summed E-state index contributed by atoms with van der Waals surface area (Å²) in [4.78, 5) is 10.2. The Morgan fingerprint density at radius 1 is 1.48 bits per heavy atom. The third kappa shape index (κ3) is 3.14. The van der Waals surface area contributed by atoms with Gasteiger partial charge in [-0.3, -0.25) is 10.1 Å². The Morgan fingerprint density at radius 2 is 2.19 bits per heavy atom. The van der Waals surface area contributed by atoms with Gasteiger partial charge in [-0.25, -0.2) is 8.42 Å². The van der Waals surface area contributed by atoms with Crippen molar-refractivity contribution in [1.82, 2.24) is 4.31 Å². The second-order valence-electron chi connectivity index (χ2n) is 4.85. The molecule has 9 heteroatoms. The van der Waals surface area contributed by atoms with E-state index in [0.717, 1.165) is 6.07 Å². The lowest BCUT2D eigenvalue weighted by Gasteiger charge is -2.29. The molecule has 21 heavy (non-hydrogen) atoms. The maximum absolute atomic E-state index is 12.5.